The lowest BCUT2D eigenvalue weighted by atomic mass is 10.0. The normalized spacial score (nSPS) is 16.1. The number of aromatic nitrogens is 4. The van der Waals surface area contributed by atoms with Gasteiger partial charge in [0.15, 0.2) is 0 Å². The van der Waals surface area contributed by atoms with Gasteiger partial charge in [0.05, 0.1) is 11.7 Å². The van der Waals surface area contributed by atoms with Crippen molar-refractivity contribution in [3.8, 4) is 11.3 Å². The lowest BCUT2D eigenvalue weighted by molar-refractivity contribution is 0.0967. The molecule has 1 saturated heterocycles. The summed E-state index contributed by atoms with van der Waals surface area (Å²) in [5.41, 5.74) is 1.87. The number of benzene rings is 1. The van der Waals surface area contributed by atoms with Crippen molar-refractivity contribution in [1.82, 2.24) is 25.5 Å². The smallest absolute Gasteiger partial charge is 0.278 e. The van der Waals surface area contributed by atoms with Crippen molar-refractivity contribution < 1.29 is 4.79 Å². The van der Waals surface area contributed by atoms with E-state index in [0.29, 0.717) is 28.8 Å². The van der Waals surface area contributed by atoms with E-state index in [0.717, 1.165) is 35.7 Å². The van der Waals surface area contributed by atoms with E-state index < -0.39 is 0 Å². The number of amides is 1. The van der Waals surface area contributed by atoms with Gasteiger partial charge in [-0.3, -0.25) is 14.7 Å². The van der Waals surface area contributed by atoms with Gasteiger partial charge in [0, 0.05) is 41.1 Å². The van der Waals surface area contributed by atoms with Gasteiger partial charge in [0.1, 0.15) is 11.5 Å². The molecule has 7 nitrogen and oxygen atoms in total. The number of rotatable bonds is 4. The lowest BCUT2D eigenvalue weighted by Crippen LogP contribution is -2.49. The molecule has 32 heavy (non-hydrogen) atoms. The summed E-state index contributed by atoms with van der Waals surface area (Å²) in [6.07, 6.45) is 6.88. The van der Waals surface area contributed by atoms with Gasteiger partial charge in [-0.25, -0.2) is 4.98 Å². The van der Waals surface area contributed by atoms with Gasteiger partial charge >= 0.3 is 0 Å². The monoisotopic (exact) mass is 444 g/mol. The Labute approximate surface area is 190 Å². The predicted molar refractivity (Wildman–Crippen MR) is 125 cm³/mol. The first-order chi connectivity index (χ1) is 15.7. The van der Waals surface area contributed by atoms with Crippen LogP contribution in [0.2, 0.25) is 5.02 Å². The van der Waals surface area contributed by atoms with Gasteiger partial charge in [-0.2, -0.15) is 10.2 Å². The average Bonchev–Trinajstić information content (AvgIpc) is 2.85. The Hall–Kier alpha value is -3.42. The van der Waals surface area contributed by atoms with Gasteiger partial charge in [0.2, 0.25) is 0 Å². The molecule has 1 aromatic carbocycles. The number of piperidine rings is 1. The van der Waals surface area contributed by atoms with Crippen molar-refractivity contribution in [2.24, 2.45) is 0 Å². The maximum absolute atomic E-state index is 13.7. The van der Waals surface area contributed by atoms with Crippen molar-refractivity contribution in [1.29, 1.82) is 0 Å². The van der Waals surface area contributed by atoms with E-state index in [9.17, 15) is 4.79 Å². The molecule has 1 aliphatic heterocycles. The second-order valence-corrected chi connectivity index (χ2v) is 8.15. The van der Waals surface area contributed by atoms with Gasteiger partial charge in [0.25, 0.3) is 5.91 Å². The molecule has 1 N–H and O–H groups in total. The van der Waals surface area contributed by atoms with Crippen LogP contribution in [0.4, 0.5) is 5.82 Å². The molecule has 1 fully saturated rings. The number of carbonyl (C=O) groups excluding carboxylic acids is 1. The number of fused-ring (bicyclic) bond motifs is 1. The quantitative estimate of drug-likeness (QED) is 0.509. The minimum Gasteiger partial charge on any atom is -0.315 e. The number of hydrogen-bond donors (Lipinski definition) is 1. The number of nitrogens with one attached hydrogen (secondary N) is 1. The molecule has 4 aromatic rings. The Morgan fingerprint density at radius 3 is 2.78 bits per heavy atom. The largest absolute Gasteiger partial charge is 0.315 e. The van der Waals surface area contributed by atoms with Gasteiger partial charge in [-0.15, -0.1) is 0 Å². The maximum Gasteiger partial charge on any atom is 0.278 e. The van der Waals surface area contributed by atoms with Crippen molar-refractivity contribution in [3.05, 3.63) is 77.8 Å². The highest BCUT2D eigenvalue weighted by Crippen LogP contribution is 2.30. The molecule has 1 atom stereocenters. The lowest BCUT2D eigenvalue weighted by Gasteiger charge is -2.34. The molecular weight excluding hydrogens is 424 g/mol. The third-order valence-corrected chi connectivity index (χ3v) is 5.87. The van der Waals surface area contributed by atoms with E-state index in [1.165, 1.54) is 0 Å². The fraction of sp³-hybridized carbons (Fsp3) is 0.208. The SMILES string of the molecule is O=C(c1ccc(-c2cccnn2)cn1)N(c1nccc2cc(Cl)ccc12)[C@@H]1CCCNC1. The van der Waals surface area contributed by atoms with Crippen LogP contribution in [0.1, 0.15) is 23.3 Å². The maximum atomic E-state index is 13.7. The molecule has 0 bridgehead atoms. The zero-order valence-corrected chi connectivity index (χ0v) is 18.0. The number of halogens is 1. The van der Waals surface area contributed by atoms with Gasteiger partial charge < -0.3 is 5.32 Å². The Kier molecular flexibility index (Phi) is 5.75. The second kappa shape index (κ2) is 8.98. The molecule has 160 valence electrons. The Morgan fingerprint density at radius 2 is 2.03 bits per heavy atom. The Morgan fingerprint density at radius 1 is 1.09 bits per heavy atom. The predicted octanol–water partition coefficient (Wildman–Crippen LogP) is 4.14. The molecule has 8 heteroatoms. The van der Waals surface area contributed by atoms with E-state index in [1.807, 2.05) is 42.5 Å². The molecule has 0 saturated carbocycles. The summed E-state index contributed by atoms with van der Waals surface area (Å²) in [4.78, 5) is 24.6. The van der Waals surface area contributed by atoms with Crippen molar-refractivity contribution in [3.63, 3.8) is 0 Å². The van der Waals surface area contributed by atoms with Gasteiger partial charge in [-0.1, -0.05) is 11.6 Å². The third-order valence-electron chi connectivity index (χ3n) is 5.64. The fourth-order valence-corrected chi connectivity index (χ4v) is 4.24. The van der Waals surface area contributed by atoms with E-state index in [4.69, 9.17) is 11.6 Å². The summed E-state index contributed by atoms with van der Waals surface area (Å²) in [5.74, 6) is 0.442. The number of anilines is 1. The van der Waals surface area contributed by atoms with E-state index in [2.05, 4.69) is 25.5 Å². The van der Waals surface area contributed by atoms with Crippen LogP contribution in [0, 0.1) is 0 Å². The molecule has 1 aliphatic rings. The topological polar surface area (TPSA) is 83.9 Å². The molecule has 4 heterocycles. The summed E-state index contributed by atoms with van der Waals surface area (Å²) in [6.45, 7) is 1.65. The van der Waals surface area contributed by atoms with E-state index in [-0.39, 0.29) is 11.9 Å². The van der Waals surface area contributed by atoms with Crippen LogP contribution in [0.5, 0.6) is 0 Å². The first-order valence-corrected chi connectivity index (χ1v) is 10.9. The zero-order chi connectivity index (χ0) is 21.9. The molecule has 5 rings (SSSR count). The van der Waals surface area contributed by atoms with Crippen LogP contribution in [0.25, 0.3) is 22.0 Å². The standard InChI is InChI=1S/C24H21ClN6O/c25-18-6-7-20-16(13-18)9-12-27-23(20)31(19-3-1-10-26-15-19)24(32)22-8-5-17(14-28-22)21-4-2-11-29-30-21/h2,4-9,11-14,19,26H,1,3,10,15H2/t19-/m1/s1. The molecule has 1 amide bonds. The molecule has 0 unspecified atom stereocenters. The third kappa shape index (κ3) is 4.04. The highest BCUT2D eigenvalue weighted by molar-refractivity contribution is 6.31. The summed E-state index contributed by atoms with van der Waals surface area (Å²) in [6, 6.07) is 14.8. The van der Waals surface area contributed by atoms with Crippen LogP contribution < -0.4 is 10.2 Å². The minimum absolute atomic E-state index is 0.0218. The Balaban J connectivity index is 1.55. The van der Waals surface area contributed by atoms with E-state index in [1.54, 1.807) is 29.6 Å². The van der Waals surface area contributed by atoms with Crippen molar-refractivity contribution in [2.75, 3.05) is 18.0 Å². The number of carbonyl (C=O) groups is 1. The molecule has 3 aromatic heterocycles. The fourth-order valence-electron chi connectivity index (χ4n) is 4.06. The molecule has 0 radical (unpaired) electrons. The minimum atomic E-state index is -0.181. The van der Waals surface area contributed by atoms with Crippen LogP contribution >= 0.6 is 11.6 Å². The summed E-state index contributed by atoms with van der Waals surface area (Å²) in [7, 11) is 0. The van der Waals surface area contributed by atoms with Crippen LogP contribution in [0.15, 0.2) is 67.1 Å². The summed E-state index contributed by atoms with van der Waals surface area (Å²) < 4.78 is 0. The molecular formula is C24H21ClN6O. The van der Waals surface area contributed by atoms with Crippen LogP contribution in [-0.4, -0.2) is 45.2 Å². The van der Waals surface area contributed by atoms with Crippen LogP contribution in [0.3, 0.4) is 0 Å². The summed E-state index contributed by atoms with van der Waals surface area (Å²) in [5, 5.41) is 13.9. The molecule has 0 aliphatic carbocycles. The second-order valence-electron chi connectivity index (χ2n) is 7.72. The average molecular weight is 445 g/mol. The number of hydrogen-bond acceptors (Lipinski definition) is 6. The highest BCUT2D eigenvalue weighted by Gasteiger charge is 2.30. The zero-order valence-electron chi connectivity index (χ0n) is 17.3. The Bertz CT molecular complexity index is 1240. The first-order valence-electron chi connectivity index (χ1n) is 10.5. The van der Waals surface area contributed by atoms with Crippen molar-refractivity contribution in [2.45, 2.75) is 18.9 Å². The summed E-state index contributed by atoms with van der Waals surface area (Å²) >= 11 is 6.19. The first kappa shape index (κ1) is 20.5. The highest BCUT2D eigenvalue weighted by atomic mass is 35.5. The number of nitrogens with zero attached hydrogens (tertiary/aromatic N) is 5. The molecule has 0 spiro atoms. The van der Waals surface area contributed by atoms with E-state index >= 15 is 0 Å². The number of pyridine rings is 2. The van der Waals surface area contributed by atoms with Gasteiger partial charge in [-0.05, 0) is 73.3 Å². The van der Waals surface area contributed by atoms with Crippen LogP contribution in [-0.2, 0) is 0 Å². The van der Waals surface area contributed by atoms with Crippen molar-refractivity contribution >= 4 is 34.1 Å².